The van der Waals surface area contributed by atoms with E-state index in [4.69, 9.17) is 10.00 Å². The molecule has 2 aromatic rings. The number of nitriles is 1. The minimum atomic E-state index is -4.51. The predicted molar refractivity (Wildman–Crippen MR) is 86.1 cm³/mol. The van der Waals surface area contributed by atoms with Crippen molar-refractivity contribution in [1.29, 1.82) is 5.26 Å². The van der Waals surface area contributed by atoms with E-state index in [1.54, 1.807) is 18.2 Å². The van der Waals surface area contributed by atoms with Crippen molar-refractivity contribution in [2.75, 3.05) is 5.32 Å². The number of rotatable bonds is 4. The van der Waals surface area contributed by atoms with Gasteiger partial charge < -0.3 is 10.1 Å². The molecule has 1 atom stereocenters. The highest BCUT2D eigenvalue weighted by molar-refractivity contribution is 5.97. The summed E-state index contributed by atoms with van der Waals surface area (Å²) in [5.74, 6) is -1.56. The third kappa shape index (κ3) is 4.83. The average Bonchev–Trinajstić information content (AvgIpc) is 2.61. The lowest BCUT2D eigenvalue weighted by Gasteiger charge is -2.14. The molecule has 0 aliphatic heterocycles. The number of anilines is 1. The molecule has 0 aliphatic rings. The molecule has 26 heavy (non-hydrogen) atoms. The van der Waals surface area contributed by atoms with Crippen LogP contribution in [0.1, 0.15) is 28.4 Å². The molecule has 134 valence electrons. The second kappa shape index (κ2) is 7.70. The zero-order chi connectivity index (χ0) is 19.3. The van der Waals surface area contributed by atoms with Crippen LogP contribution in [0.4, 0.5) is 18.9 Å². The van der Waals surface area contributed by atoms with Gasteiger partial charge in [-0.3, -0.25) is 4.79 Å². The van der Waals surface area contributed by atoms with Gasteiger partial charge in [0, 0.05) is 5.69 Å². The molecule has 1 amide bonds. The van der Waals surface area contributed by atoms with Crippen molar-refractivity contribution in [3.63, 3.8) is 0 Å². The molecule has 0 bridgehead atoms. The number of benzene rings is 2. The first-order valence-corrected chi connectivity index (χ1v) is 7.40. The summed E-state index contributed by atoms with van der Waals surface area (Å²) in [7, 11) is 0. The molecule has 0 saturated carbocycles. The number of esters is 1. The molecule has 0 radical (unpaired) electrons. The first-order chi connectivity index (χ1) is 12.2. The Kier molecular flexibility index (Phi) is 5.62. The van der Waals surface area contributed by atoms with Gasteiger partial charge in [0.05, 0.1) is 22.8 Å². The molecule has 0 spiro atoms. The number of hydrogen-bond donors (Lipinski definition) is 1. The van der Waals surface area contributed by atoms with Crippen molar-refractivity contribution >= 4 is 17.6 Å². The number of ether oxygens (including phenoxy) is 1. The van der Waals surface area contributed by atoms with Crippen molar-refractivity contribution in [3.8, 4) is 6.07 Å². The highest BCUT2D eigenvalue weighted by atomic mass is 19.4. The van der Waals surface area contributed by atoms with Crippen LogP contribution < -0.4 is 5.32 Å². The van der Waals surface area contributed by atoms with Crippen molar-refractivity contribution in [3.05, 3.63) is 65.2 Å². The molecule has 2 rings (SSSR count). The van der Waals surface area contributed by atoms with E-state index in [-0.39, 0.29) is 5.56 Å². The maximum atomic E-state index is 12.5. The van der Waals surface area contributed by atoms with Gasteiger partial charge in [-0.2, -0.15) is 18.4 Å². The number of amides is 1. The van der Waals surface area contributed by atoms with Gasteiger partial charge in [-0.25, -0.2) is 4.79 Å². The number of halogens is 3. The van der Waals surface area contributed by atoms with Crippen LogP contribution in [0.2, 0.25) is 0 Å². The van der Waals surface area contributed by atoms with Gasteiger partial charge in [-0.1, -0.05) is 6.07 Å². The molecule has 0 unspecified atom stereocenters. The predicted octanol–water partition coefficient (Wildman–Crippen LogP) is 3.76. The summed E-state index contributed by atoms with van der Waals surface area (Å²) in [5, 5.41) is 11.3. The van der Waals surface area contributed by atoms with Crippen molar-refractivity contribution in [2.45, 2.75) is 19.2 Å². The number of alkyl halides is 3. The van der Waals surface area contributed by atoms with E-state index < -0.39 is 29.7 Å². The van der Waals surface area contributed by atoms with Crippen LogP contribution in [-0.4, -0.2) is 18.0 Å². The van der Waals surface area contributed by atoms with E-state index in [9.17, 15) is 22.8 Å². The summed E-state index contributed by atoms with van der Waals surface area (Å²) in [5.41, 5.74) is -0.301. The number of hydrogen-bond acceptors (Lipinski definition) is 4. The highest BCUT2D eigenvalue weighted by Gasteiger charge is 2.30. The monoisotopic (exact) mass is 362 g/mol. The highest BCUT2D eigenvalue weighted by Crippen LogP contribution is 2.29. The Hall–Kier alpha value is -3.34. The Morgan fingerprint density at radius 3 is 2.38 bits per heavy atom. The second-order valence-electron chi connectivity index (χ2n) is 5.30. The number of nitrogens with one attached hydrogen (secondary N) is 1. The summed E-state index contributed by atoms with van der Waals surface area (Å²) >= 11 is 0. The number of carbonyl (C=O) groups is 2. The van der Waals surface area contributed by atoms with Gasteiger partial charge in [0.1, 0.15) is 0 Å². The molecule has 0 aromatic heterocycles. The van der Waals surface area contributed by atoms with Crippen LogP contribution in [-0.2, 0) is 15.7 Å². The smallest absolute Gasteiger partial charge is 0.416 e. The third-order valence-corrected chi connectivity index (χ3v) is 3.36. The summed E-state index contributed by atoms with van der Waals surface area (Å²) in [6.45, 7) is 1.32. The van der Waals surface area contributed by atoms with Gasteiger partial charge >= 0.3 is 12.1 Å². The Morgan fingerprint density at radius 1 is 1.15 bits per heavy atom. The minimum Gasteiger partial charge on any atom is -0.449 e. The van der Waals surface area contributed by atoms with E-state index in [1.807, 2.05) is 6.07 Å². The SMILES string of the molecule is C[C@@H](OC(=O)c1ccc(C(F)(F)F)cc1)C(=O)Nc1cccc(C#N)c1. The molecule has 0 heterocycles. The summed E-state index contributed by atoms with van der Waals surface area (Å²) in [4.78, 5) is 24.0. The van der Waals surface area contributed by atoms with E-state index in [0.717, 1.165) is 24.3 Å². The first kappa shape index (κ1) is 19.0. The van der Waals surface area contributed by atoms with E-state index in [1.165, 1.54) is 13.0 Å². The number of nitrogens with zero attached hydrogens (tertiary/aromatic N) is 1. The van der Waals surface area contributed by atoms with Crippen LogP contribution in [0, 0.1) is 11.3 Å². The summed E-state index contributed by atoms with van der Waals surface area (Å²) in [6.07, 6.45) is -5.69. The topological polar surface area (TPSA) is 79.2 Å². The molecule has 0 fully saturated rings. The standard InChI is InChI=1S/C18H13F3N2O3/c1-11(16(24)23-15-4-2-3-12(9-15)10-22)26-17(25)13-5-7-14(8-6-13)18(19,20)21/h2-9,11H,1H3,(H,23,24)/t11-/m1/s1. The fourth-order valence-electron chi connectivity index (χ4n) is 1.99. The first-order valence-electron chi connectivity index (χ1n) is 7.40. The van der Waals surface area contributed by atoms with Gasteiger partial charge in [0.2, 0.25) is 0 Å². The van der Waals surface area contributed by atoms with Gasteiger partial charge in [-0.05, 0) is 49.4 Å². The maximum Gasteiger partial charge on any atom is 0.416 e. The van der Waals surface area contributed by atoms with Crippen molar-refractivity contribution in [2.24, 2.45) is 0 Å². The van der Waals surface area contributed by atoms with Crippen molar-refractivity contribution < 1.29 is 27.5 Å². The van der Waals surface area contributed by atoms with Gasteiger partial charge in [-0.15, -0.1) is 0 Å². The third-order valence-electron chi connectivity index (χ3n) is 3.36. The van der Waals surface area contributed by atoms with Crippen molar-refractivity contribution in [1.82, 2.24) is 0 Å². The summed E-state index contributed by atoms with van der Waals surface area (Å²) in [6, 6.07) is 11.5. The fraction of sp³-hybridized carbons (Fsp3) is 0.167. The second-order valence-corrected chi connectivity index (χ2v) is 5.30. The van der Waals surface area contributed by atoms with Crippen LogP contribution in [0.15, 0.2) is 48.5 Å². The quantitative estimate of drug-likeness (QED) is 0.840. The van der Waals surface area contributed by atoms with Gasteiger partial charge in [0.25, 0.3) is 5.91 Å². The van der Waals surface area contributed by atoms with E-state index in [0.29, 0.717) is 11.3 Å². The van der Waals surface area contributed by atoms with Crippen LogP contribution in [0.5, 0.6) is 0 Å². The maximum absolute atomic E-state index is 12.5. The molecular weight excluding hydrogens is 349 g/mol. The van der Waals surface area contributed by atoms with Crippen LogP contribution in [0.25, 0.3) is 0 Å². The normalized spacial score (nSPS) is 12.0. The zero-order valence-corrected chi connectivity index (χ0v) is 13.5. The Morgan fingerprint density at radius 2 is 1.81 bits per heavy atom. The molecule has 1 N–H and O–H groups in total. The molecule has 0 aliphatic carbocycles. The largest absolute Gasteiger partial charge is 0.449 e. The average molecular weight is 362 g/mol. The van der Waals surface area contributed by atoms with Crippen LogP contribution in [0.3, 0.4) is 0 Å². The molecule has 8 heteroatoms. The van der Waals surface area contributed by atoms with E-state index in [2.05, 4.69) is 5.32 Å². The number of carbonyl (C=O) groups excluding carboxylic acids is 2. The minimum absolute atomic E-state index is 0.107. The molecule has 5 nitrogen and oxygen atoms in total. The van der Waals surface area contributed by atoms with Gasteiger partial charge in [0.15, 0.2) is 6.10 Å². The lowest BCUT2D eigenvalue weighted by molar-refractivity contribution is -0.137. The molecule has 0 saturated heterocycles. The lowest BCUT2D eigenvalue weighted by atomic mass is 10.1. The van der Waals surface area contributed by atoms with E-state index >= 15 is 0 Å². The zero-order valence-electron chi connectivity index (χ0n) is 13.5. The van der Waals surface area contributed by atoms with Crippen LogP contribution >= 0.6 is 0 Å². The Balaban J connectivity index is 1.99. The fourth-order valence-corrected chi connectivity index (χ4v) is 1.99. The Bertz CT molecular complexity index is 855. The molecule has 2 aromatic carbocycles. The molecular formula is C18H13F3N2O3. The Labute approximate surface area is 147 Å². The summed E-state index contributed by atoms with van der Waals surface area (Å²) < 4.78 is 42.5. The lowest BCUT2D eigenvalue weighted by Crippen LogP contribution is -2.30.